The van der Waals surface area contributed by atoms with E-state index in [0.717, 1.165) is 10.5 Å². The number of nitrogens with zero attached hydrogens (tertiary/aromatic N) is 1. The maximum Gasteiger partial charge on any atom is 0.205 e. The molecule has 0 aliphatic heterocycles. The van der Waals surface area contributed by atoms with Crippen LogP contribution in [0.5, 0.6) is 5.75 Å². The minimum absolute atomic E-state index is 0.268. The Morgan fingerprint density at radius 1 is 1.14 bits per heavy atom. The number of oxazole rings is 1. The van der Waals surface area contributed by atoms with E-state index in [1.54, 1.807) is 18.3 Å². The first-order valence-corrected chi connectivity index (χ1v) is 7.70. The number of para-hydroxylation sites is 1. The van der Waals surface area contributed by atoms with Gasteiger partial charge in [0, 0.05) is 15.5 Å². The molecule has 0 unspecified atom stereocenters. The number of halogens is 1. The zero-order valence-corrected chi connectivity index (χ0v) is 12.6. The molecule has 1 aromatic heterocycles. The average molecular weight is 318 g/mol. The van der Waals surface area contributed by atoms with Crippen molar-refractivity contribution in [1.82, 2.24) is 4.98 Å². The molecular weight excluding hydrogens is 306 g/mol. The molecule has 0 saturated carbocycles. The minimum atomic E-state index is 0.268. The lowest BCUT2D eigenvalue weighted by Crippen LogP contribution is -1.80. The van der Waals surface area contributed by atoms with E-state index in [1.807, 2.05) is 36.4 Å². The molecule has 21 heavy (non-hydrogen) atoms. The summed E-state index contributed by atoms with van der Waals surface area (Å²) in [6.45, 7) is 0. The molecule has 0 amide bonds. The minimum Gasteiger partial charge on any atom is -0.507 e. The van der Waals surface area contributed by atoms with E-state index in [0.29, 0.717) is 22.4 Å². The molecule has 2 aromatic carbocycles. The van der Waals surface area contributed by atoms with Gasteiger partial charge in [-0.2, -0.15) is 0 Å². The number of aromatic hydroxyl groups is 1. The third kappa shape index (κ3) is 3.40. The van der Waals surface area contributed by atoms with Crippen LogP contribution in [-0.4, -0.2) is 10.1 Å². The highest BCUT2D eigenvalue weighted by Gasteiger charge is 2.08. The van der Waals surface area contributed by atoms with Crippen molar-refractivity contribution in [1.29, 1.82) is 0 Å². The third-order valence-electron chi connectivity index (χ3n) is 2.88. The van der Waals surface area contributed by atoms with E-state index in [2.05, 4.69) is 4.98 Å². The van der Waals surface area contributed by atoms with Gasteiger partial charge in [-0.25, -0.2) is 4.98 Å². The van der Waals surface area contributed by atoms with Crippen molar-refractivity contribution in [3.05, 3.63) is 65.6 Å². The second-order valence-electron chi connectivity index (χ2n) is 4.38. The highest BCUT2D eigenvalue weighted by atomic mass is 35.5. The molecule has 0 bridgehead atoms. The molecule has 0 saturated heterocycles. The lowest BCUT2D eigenvalue weighted by molar-refractivity contribution is 0.462. The van der Waals surface area contributed by atoms with E-state index in [9.17, 15) is 5.11 Å². The van der Waals surface area contributed by atoms with Crippen LogP contribution in [-0.2, 0) is 5.75 Å². The summed E-state index contributed by atoms with van der Waals surface area (Å²) in [6.07, 6.45) is 1.69. The first kappa shape index (κ1) is 14.0. The third-order valence-corrected chi connectivity index (χ3v) is 4.16. The van der Waals surface area contributed by atoms with Crippen molar-refractivity contribution >= 4 is 23.4 Å². The van der Waals surface area contributed by atoms with Crippen LogP contribution in [0.25, 0.3) is 11.3 Å². The fourth-order valence-corrected chi connectivity index (χ4v) is 2.86. The molecule has 0 radical (unpaired) electrons. The molecule has 3 aromatic rings. The van der Waals surface area contributed by atoms with Crippen LogP contribution in [0, 0.1) is 0 Å². The molecule has 0 aliphatic carbocycles. The Kier molecular flexibility index (Phi) is 4.18. The summed E-state index contributed by atoms with van der Waals surface area (Å²) in [6, 6.07) is 14.6. The van der Waals surface area contributed by atoms with Crippen LogP contribution >= 0.6 is 23.4 Å². The summed E-state index contributed by atoms with van der Waals surface area (Å²) >= 11 is 7.45. The van der Waals surface area contributed by atoms with Crippen molar-refractivity contribution in [2.24, 2.45) is 0 Å². The van der Waals surface area contributed by atoms with Gasteiger partial charge in [-0.3, -0.25) is 0 Å². The predicted molar refractivity (Wildman–Crippen MR) is 84.6 cm³/mol. The molecular formula is C16H12ClNO2S. The van der Waals surface area contributed by atoms with E-state index in [-0.39, 0.29) is 5.75 Å². The Morgan fingerprint density at radius 2 is 2.00 bits per heavy atom. The fraction of sp³-hybridized carbons (Fsp3) is 0.0625. The summed E-state index contributed by atoms with van der Waals surface area (Å²) in [7, 11) is 0. The van der Waals surface area contributed by atoms with E-state index in [1.165, 1.54) is 11.8 Å². The van der Waals surface area contributed by atoms with Gasteiger partial charge < -0.3 is 9.52 Å². The average Bonchev–Trinajstić information content (AvgIpc) is 2.95. The van der Waals surface area contributed by atoms with Gasteiger partial charge in [0.2, 0.25) is 5.89 Å². The highest BCUT2D eigenvalue weighted by molar-refractivity contribution is 7.98. The van der Waals surface area contributed by atoms with Crippen molar-refractivity contribution in [2.75, 3.05) is 0 Å². The molecule has 0 fully saturated rings. The maximum atomic E-state index is 9.72. The Bertz CT molecular complexity index is 757. The Morgan fingerprint density at radius 3 is 2.81 bits per heavy atom. The lowest BCUT2D eigenvalue weighted by Gasteiger charge is -2.01. The lowest BCUT2D eigenvalue weighted by atomic mass is 10.2. The topological polar surface area (TPSA) is 46.3 Å². The summed E-state index contributed by atoms with van der Waals surface area (Å²) < 4.78 is 5.71. The second kappa shape index (κ2) is 6.24. The van der Waals surface area contributed by atoms with Gasteiger partial charge >= 0.3 is 0 Å². The van der Waals surface area contributed by atoms with Crippen LogP contribution in [0.2, 0.25) is 5.02 Å². The van der Waals surface area contributed by atoms with Crippen LogP contribution in [0.3, 0.4) is 0 Å². The standard InChI is InChI=1S/C16H12ClNO2S/c17-12-5-3-4-11(8-12)14-9-18-16(20-14)10-21-15-7-2-1-6-13(15)19/h1-9,19H,10H2. The number of hydrogen-bond donors (Lipinski definition) is 1. The molecule has 0 spiro atoms. The molecule has 106 valence electrons. The van der Waals surface area contributed by atoms with E-state index < -0.39 is 0 Å². The van der Waals surface area contributed by atoms with Gasteiger partial charge in [0.15, 0.2) is 5.76 Å². The van der Waals surface area contributed by atoms with Gasteiger partial charge in [0.05, 0.1) is 11.9 Å². The number of benzene rings is 2. The van der Waals surface area contributed by atoms with Crippen molar-refractivity contribution in [3.63, 3.8) is 0 Å². The summed E-state index contributed by atoms with van der Waals surface area (Å²) in [5.41, 5.74) is 0.897. The smallest absolute Gasteiger partial charge is 0.205 e. The quantitative estimate of drug-likeness (QED) is 0.688. The van der Waals surface area contributed by atoms with Gasteiger partial charge in [-0.15, -0.1) is 11.8 Å². The number of aromatic nitrogens is 1. The van der Waals surface area contributed by atoms with Gasteiger partial charge in [0.1, 0.15) is 5.75 Å². The predicted octanol–water partition coefficient (Wildman–Crippen LogP) is 4.99. The Balaban J connectivity index is 1.72. The molecule has 3 nitrogen and oxygen atoms in total. The molecule has 1 N–H and O–H groups in total. The number of phenolic OH excluding ortho intramolecular Hbond substituents is 1. The first-order valence-electron chi connectivity index (χ1n) is 6.34. The zero-order chi connectivity index (χ0) is 14.7. The summed E-state index contributed by atoms with van der Waals surface area (Å²) in [5.74, 6) is 2.12. The normalized spacial score (nSPS) is 10.7. The number of phenols is 1. The molecule has 0 atom stereocenters. The molecule has 1 heterocycles. The van der Waals surface area contributed by atoms with Crippen LogP contribution in [0.1, 0.15) is 5.89 Å². The van der Waals surface area contributed by atoms with E-state index >= 15 is 0 Å². The van der Waals surface area contributed by atoms with Crippen molar-refractivity contribution < 1.29 is 9.52 Å². The maximum absolute atomic E-state index is 9.72. The van der Waals surface area contributed by atoms with Crippen LogP contribution in [0.4, 0.5) is 0 Å². The fourth-order valence-electron chi connectivity index (χ4n) is 1.87. The van der Waals surface area contributed by atoms with Crippen LogP contribution < -0.4 is 0 Å². The van der Waals surface area contributed by atoms with Gasteiger partial charge in [0.25, 0.3) is 0 Å². The van der Waals surface area contributed by atoms with Crippen LogP contribution in [0.15, 0.2) is 64.0 Å². The van der Waals surface area contributed by atoms with Crippen molar-refractivity contribution in [3.8, 4) is 17.1 Å². The number of thioether (sulfide) groups is 1. The van der Waals surface area contributed by atoms with Gasteiger partial charge in [-0.05, 0) is 24.3 Å². The summed E-state index contributed by atoms with van der Waals surface area (Å²) in [5, 5.41) is 10.4. The molecule has 5 heteroatoms. The van der Waals surface area contributed by atoms with Crippen molar-refractivity contribution in [2.45, 2.75) is 10.6 Å². The largest absolute Gasteiger partial charge is 0.507 e. The van der Waals surface area contributed by atoms with E-state index in [4.69, 9.17) is 16.0 Å². The highest BCUT2D eigenvalue weighted by Crippen LogP contribution is 2.31. The Labute approximate surface area is 131 Å². The monoisotopic (exact) mass is 317 g/mol. The second-order valence-corrected chi connectivity index (χ2v) is 5.84. The van der Waals surface area contributed by atoms with Gasteiger partial charge in [-0.1, -0.05) is 35.9 Å². The number of rotatable bonds is 4. The summed E-state index contributed by atoms with van der Waals surface area (Å²) in [4.78, 5) is 5.06. The molecule has 3 rings (SSSR count). The zero-order valence-electron chi connectivity index (χ0n) is 11.0. The first-order chi connectivity index (χ1) is 10.2. The number of hydrogen-bond acceptors (Lipinski definition) is 4. The SMILES string of the molecule is Oc1ccccc1SCc1ncc(-c2cccc(Cl)c2)o1. The molecule has 0 aliphatic rings. The Hall–Kier alpha value is -1.91.